The summed E-state index contributed by atoms with van der Waals surface area (Å²) in [5.41, 5.74) is 10.8. The predicted octanol–water partition coefficient (Wildman–Crippen LogP) is 17.7. The van der Waals surface area contributed by atoms with Crippen LogP contribution in [-0.2, 0) is 14.4 Å². The Bertz CT molecular complexity index is 849. The number of carboxylic acids is 3. The number of hydrogen-bond acceptors (Lipinski definition) is 8. The zero-order valence-electron chi connectivity index (χ0n) is 50.7. The summed E-state index contributed by atoms with van der Waals surface area (Å²) >= 11 is 0. The minimum absolute atomic E-state index is 0. The summed E-state index contributed by atoms with van der Waals surface area (Å²) in [6.45, 7) is 13.0. The summed E-state index contributed by atoms with van der Waals surface area (Å²) in [5, 5.41) is 30.5. The third kappa shape index (κ3) is 108. The molecule has 74 heavy (non-hydrogen) atoms. The molecule has 0 saturated carbocycles. The summed E-state index contributed by atoms with van der Waals surface area (Å²) in [5.74, 6) is -2.72. The summed E-state index contributed by atoms with van der Waals surface area (Å²) < 4.78 is 0. The number of rotatable bonds is 55. The van der Waals surface area contributed by atoms with Gasteiger partial charge < -0.3 is 41.2 Å². The second-order valence-electron chi connectivity index (χ2n) is 21.6. The largest absolute Gasteiger partial charge is 3.00 e. The molecule has 0 aromatic rings. The molecule has 0 rings (SSSR count). The SMILES string of the molecule is CCCCCCCCCCCCCCC(=O)[O-].CCCCCCCCCCCCCCC(=O)[O-].CCCCCCCCCCCCCCC(=O)[O-].CCCCCCCCCCN.CCCCCCCCCCN.[Tb+3]. The van der Waals surface area contributed by atoms with Crippen LogP contribution in [0.5, 0.6) is 0 Å². The Morgan fingerprint density at radius 2 is 0.324 bits per heavy atom. The van der Waals surface area contributed by atoms with Crippen molar-refractivity contribution < 1.29 is 68.3 Å². The van der Waals surface area contributed by atoms with Gasteiger partial charge in [-0.05, 0) is 64.5 Å². The van der Waals surface area contributed by atoms with Gasteiger partial charge in [0.2, 0.25) is 0 Å². The maximum absolute atomic E-state index is 10.2. The topological polar surface area (TPSA) is 172 Å². The molecule has 0 fully saturated rings. The van der Waals surface area contributed by atoms with Crippen molar-refractivity contribution >= 4 is 17.9 Å². The first-order valence-electron chi connectivity index (χ1n) is 32.6. The molecule has 8 nitrogen and oxygen atoms in total. The van der Waals surface area contributed by atoms with Gasteiger partial charge in [-0.1, -0.05) is 336 Å². The van der Waals surface area contributed by atoms with Gasteiger partial charge in [-0.25, -0.2) is 0 Å². The first-order chi connectivity index (χ1) is 35.6. The zero-order chi connectivity index (χ0) is 55.0. The molecule has 9 heteroatoms. The molecule has 4 N–H and O–H groups in total. The van der Waals surface area contributed by atoms with Crippen LogP contribution >= 0.6 is 0 Å². The van der Waals surface area contributed by atoms with Crippen molar-refractivity contribution in [2.75, 3.05) is 13.1 Å². The number of carbonyl (C=O) groups excluding carboxylic acids is 3. The number of nitrogens with two attached hydrogens (primary N) is 2. The van der Waals surface area contributed by atoms with Gasteiger partial charge in [-0.2, -0.15) is 0 Å². The van der Waals surface area contributed by atoms with Crippen molar-refractivity contribution in [1.82, 2.24) is 0 Å². The van der Waals surface area contributed by atoms with Crippen molar-refractivity contribution in [3.8, 4) is 0 Å². The number of carbonyl (C=O) groups is 3. The number of carboxylic acid groups (broad SMARTS) is 3. The van der Waals surface area contributed by atoms with Gasteiger partial charge in [0.1, 0.15) is 0 Å². The van der Waals surface area contributed by atoms with Crippen molar-refractivity contribution in [3.05, 3.63) is 0 Å². The third-order valence-electron chi connectivity index (χ3n) is 13.8. The molecule has 0 aromatic heterocycles. The molecule has 0 atom stereocenters. The van der Waals surface area contributed by atoms with Gasteiger partial charge in [-0.15, -0.1) is 0 Å². The maximum Gasteiger partial charge on any atom is 3.00 e. The van der Waals surface area contributed by atoms with Crippen LogP contribution in [0, 0.1) is 38.6 Å². The van der Waals surface area contributed by atoms with E-state index in [-0.39, 0.29) is 57.9 Å². The molecule has 0 unspecified atom stereocenters. The van der Waals surface area contributed by atoms with E-state index in [4.69, 9.17) is 11.5 Å². The van der Waals surface area contributed by atoms with Gasteiger partial charge in [-0.3, -0.25) is 0 Å². The Morgan fingerprint density at radius 3 is 0.432 bits per heavy atom. The van der Waals surface area contributed by atoms with Crippen molar-refractivity contribution in [2.24, 2.45) is 11.5 Å². The predicted molar refractivity (Wildman–Crippen MR) is 315 cm³/mol. The van der Waals surface area contributed by atoms with E-state index in [9.17, 15) is 29.7 Å². The van der Waals surface area contributed by atoms with Crippen LogP contribution in [0.4, 0.5) is 0 Å². The van der Waals surface area contributed by atoms with Crippen molar-refractivity contribution in [2.45, 2.75) is 388 Å². The average Bonchev–Trinajstić information content (AvgIpc) is 3.37. The van der Waals surface area contributed by atoms with E-state index in [0.29, 0.717) is 0 Å². The smallest absolute Gasteiger partial charge is 0.550 e. The summed E-state index contributed by atoms with van der Waals surface area (Å²) in [6, 6.07) is 0. The second kappa shape index (κ2) is 86.5. The molecule has 0 radical (unpaired) electrons. The minimum Gasteiger partial charge on any atom is -0.550 e. The molecular weight excluding hydrogens is 1060 g/mol. The Balaban J connectivity index is -0.000000197. The fourth-order valence-corrected chi connectivity index (χ4v) is 8.89. The minimum atomic E-state index is -0.905. The molecule has 0 spiro atoms. The third-order valence-corrected chi connectivity index (χ3v) is 13.8. The molecular formula is C65H133N2O6Tb. The Morgan fingerprint density at radius 1 is 0.216 bits per heavy atom. The number of unbranched alkanes of at least 4 members (excludes halogenated alkanes) is 47. The Labute approximate surface area is 495 Å². The molecule has 0 saturated heterocycles. The monoisotopic (exact) mass is 1200 g/mol. The van der Waals surface area contributed by atoms with Crippen molar-refractivity contribution in [3.63, 3.8) is 0 Å². The van der Waals surface area contributed by atoms with E-state index < -0.39 is 17.9 Å². The number of hydrogen-bond donors (Lipinski definition) is 2. The molecule has 0 aliphatic rings. The van der Waals surface area contributed by atoms with E-state index in [2.05, 4.69) is 34.6 Å². The van der Waals surface area contributed by atoms with Crippen LogP contribution in [0.25, 0.3) is 0 Å². The normalized spacial score (nSPS) is 10.4. The molecule has 0 aliphatic carbocycles. The standard InChI is InChI=1S/3C15H30O2.2C10H23N.Tb/c3*1-2-3-4-5-6-7-8-9-10-11-12-13-14-15(16)17;2*1-2-3-4-5-6-7-8-9-10-11;/h3*2-14H2,1H3,(H,16,17);2*2-11H2,1H3;/q;;;;;+3/p-3. The van der Waals surface area contributed by atoms with E-state index in [1.165, 1.54) is 295 Å². The van der Waals surface area contributed by atoms with Gasteiger partial charge in [0.05, 0.1) is 0 Å². The fourth-order valence-electron chi connectivity index (χ4n) is 8.89. The molecule has 448 valence electrons. The van der Waals surface area contributed by atoms with Gasteiger partial charge in [0.25, 0.3) is 0 Å². The van der Waals surface area contributed by atoms with E-state index in [0.717, 1.165) is 51.6 Å². The van der Waals surface area contributed by atoms with E-state index >= 15 is 0 Å². The molecule has 0 aliphatic heterocycles. The molecule has 0 bridgehead atoms. The first-order valence-corrected chi connectivity index (χ1v) is 32.6. The zero-order valence-corrected chi connectivity index (χ0v) is 52.9. The Kier molecular flexibility index (Phi) is 99.3. The average molecular weight is 1200 g/mol. The quantitative estimate of drug-likeness (QED) is 0.0566. The maximum atomic E-state index is 10.2. The van der Waals surface area contributed by atoms with Crippen LogP contribution in [0.15, 0.2) is 0 Å². The van der Waals surface area contributed by atoms with Crippen LogP contribution in [0.3, 0.4) is 0 Å². The Hall–Kier alpha value is -0.384. The van der Waals surface area contributed by atoms with Gasteiger partial charge >= 0.3 is 38.6 Å². The fraction of sp³-hybridized carbons (Fsp3) is 0.954. The van der Waals surface area contributed by atoms with Gasteiger partial charge in [0, 0.05) is 17.9 Å². The van der Waals surface area contributed by atoms with E-state index in [1.807, 2.05) is 0 Å². The van der Waals surface area contributed by atoms with Crippen LogP contribution < -0.4 is 26.8 Å². The van der Waals surface area contributed by atoms with Crippen molar-refractivity contribution in [1.29, 1.82) is 0 Å². The molecule has 0 aromatic carbocycles. The summed E-state index contributed by atoms with van der Waals surface area (Å²) in [6.07, 6.45) is 68.4. The number of aliphatic carboxylic acids is 3. The molecule has 0 amide bonds. The first kappa shape index (κ1) is 84.9. The molecule has 0 heterocycles. The summed E-state index contributed by atoms with van der Waals surface area (Å²) in [7, 11) is 0. The van der Waals surface area contributed by atoms with Gasteiger partial charge in [0.15, 0.2) is 0 Å². The van der Waals surface area contributed by atoms with Crippen LogP contribution in [0.2, 0.25) is 0 Å². The van der Waals surface area contributed by atoms with Crippen LogP contribution in [-0.4, -0.2) is 31.0 Å². The summed E-state index contributed by atoms with van der Waals surface area (Å²) in [4.78, 5) is 30.5. The second-order valence-corrected chi connectivity index (χ2v) is 21.6. The van der Waals surface area contributed by atoms with Crippen LogP contribution in [0.1, 0.15) is 388 Å². The van der Waals surface area contributed by atoms with E-state index in [1.54, 1.807) is 0 Å².